The van der Waals surface area contributed by atoms with Gasteiger partial charge in [0.2, 0.25) is 5.91 Å². The number of piperazine rings is 1. The van der Waals surface area contributed by atoms with Crippen molar-refractivity contribution in [2.24, 2.45) is 0 Å². The Hall–Kier alpha value is -1.39. The number of benzene rings is 1. The molecule has 0 spiro atoms. The zero-order chi connectivity index (χ0) is 14.7. The van der Waals surface area contributed by atoms with E-state index in [-0.39, 0.29) is 11.9 Å². The van der Waals surface area contributed by atoms with E-state index in [0.717, 1.165) is 39.0 Å². The Morgan fingerprint density at radius 1 is 1.33 bits per heavy atom. The van der Waals surface area contributed by atoms with Crippen molar-refractivity contribution in [2.45, 2.75) is 25.3 Å². The average molecular weight is 287 g/mol. The Bertz CT molecular complexity index is 497. The number of carbonyl (C=O) groups is 1. The molecule has 1 atom stereocenters. The van der Waals surface area contributed by atoms with E-state index in [9.17, 15) is 4.79 Å². The maximum absolute atomic E-state index is 12.6. The van der Waals surface area contributed by atoms with E-state index in [1.54, 1.807) is 0 Å². The first-order valence-corrected chi connectivity index (χ1v) is 8.02. The van der Waals surface area contributed by atoms with Crippen LogP contribution >= 0.6 is 0 Å². The van der Waals surface area contributed by atoms with Crippen LogP contribution in [0.25, 0.3) is 0 Å². The molecule has 1 aliphatic carbocycles. The van der Waals surface area contributed by atoms with Gasteiger partial charge in [-0.25, -0.2) is 0 Å². The van der Waals surface area contributed by atoms with Crippen LogP contribution in [-0.4, -0.2) is 55.5 Å². The van der Waals surface area contributed by atoms with Gasteiger partial charge in [0, 0.05) is 33.2 Å². The fourth-order valence-electron chi connectivity index (χ4n) is 3.48. The summed E-state index contributed by atoms with van der Waals surface area (Å²) in [4.78, 5) is 16.8. The second kappa shape index (κ2) is 6.58. The lowest BCUT2D eigenvalue weighted by Gasteiger charge is -2.35. The molecule has 1 heterocycles. The van der Waals surface area contributed by atoms with Gasteiger partial charge in [-0.15, -0.1) is 0 Å². The monoisotopic (exact) mass is 287 g/mol. The van der Waals surface area contributed by atoms with Gasteiger partial charge in [0.15, 0.2) is 0 Å². The molecule has 2 aliphatic rings. The van der Waals surface area contributed by atoms with Gasteiger partial charge in [-0.2, -0.15) is 0 Å². The first-order valence-electron chi connectivity index (χ1n) is 8.02. The van der Waals surface area contributed by atoms with Crippen LogP contribution in [0.1, 0.15) is 30.0 Å². The Labute approximate surface area is 127 Å². The van der Waals surface area contributed by atoms with Crippen LogP contribution in [0.15, 0.2) is 24.3 Å². The van der Waals surface area contributed by atoms with Gasteiger partial charge in [-0.3, -0.25) is 9.69 Å². The highest BCUT2D eigenvalue weighted by Crippen LogP contribution is 2.33. The SMILES string of the molecule is CN(C(=O)CN1CCNCC1)C1CCCc2ccccc21. The second-order valence-corrected chi connectivity index (χ2v) is 6.14. The van der Waals surface area contributed by atoms with Crippen molar-refractivity contribution in [1.29, 1.82) is 0 Å². The van der Waals surface area contributed by atoms with Crippen LogP contribution in [0.2, 0.25) is 0 Å². The summed E-state index contributed by atoms with van der Waals surface area (Å²) in [6, 6.07) is 8.84. The van der Waals surface area contributed by atoms with Crippen molar-refractivity contribution in [1.82, 2.24) is 15.1 Å². The molecule has 1 amide bonds. The number of likely N-dealkylation sites (N-methyl/N-ethyl adjacent to an activating group) is 1. The first kappa shape index (κ1) is 14.5. The maximum atomic E-state index is 12.6. The molecule has 1 saturated heterocycles. The standard InChI is InChI=1S/C17H25N3O/c1-19(17(21)13-20-11-9-18-10-12-20)16-8-4-6-14-5-2-3-7-15(14)16/h2-3,5,7,16,18H,4,6,8-13H2,1H3. The lowest BCUT2D eigenvalue weighted by atomic mass is 9.87. The Morgan fingerprint density at radius 2 is 2.10 bits per heavy atom. The topological polar surface area (TPSA) is 35.6 Å². The molecular formula is C17H25N3O. The van der Waals surface area contributed by atoms with E-state index in [2.05, 4.69) is 34.5 Å². The number of nitrogens with zero attached hydrogens (tertiary/aromatic N) is 2. The normalized spacial score (nSPS) is 22.6. The van der Waals surface area contributed by atoms with E-state index in [1.165, 1.54) is 17.5 Å². The second-order valence-electron chi connectivity index (χ2n) is 6.14. The number of carbonyl (C=O) groups excluding carboxylic acids is 1. The highest BCUT2D eigenvalue weighted by molar-refractivity contribution is 5.78. The third-order valence-corrected chi connectivity index (χ3v) is 4.77. The van der Waals surface area contributed by atoms with Crippen LogP contribution in [-0.2, 0) is 11.2 Å². The molecule has 0 radical (unpaired) electrons. The first-order chi connectivity index (χ1) is 10.3. The minimum Gasteiger partial charge on any atom is -0.338 e. The fraction of sp³-hybridized carbons (Fsp3) is 0.588. The van der Waals surface area contributed by atoms with E-state index in [4.69, 9.17) is 0 Å². The van der Waals surface area contributed by atoms with Crippen molar-refractivity contribution in [2.75, 3.05) is 39.8 Å². The molecule has 114 valence electrons. The number of aryl methyl sites for hydroxylation is 1. The van der Waals surface area contributed by atoms with Crippen molar-refractivity contribution < 1.29 is 4.79 Å². The number of amides is 1. The van der Waals surface area contributed by atoms with Gasteiger partial charge in [-0.05, 0) is 30.4 Å². The highest BCUT2D eigenvalue weighted by atomic mass is 16.2. The minimum atomic E-state index is 0.249. The molecule has 1 unspecified atom stereocenters. The molecule has 1 aromatic carbocycles. The highest BCUT2D eigenvalue weighted by Gasteiger charge is 2.27. The molecule has 21 heavy (non-hydrogen) atoms. The van der Waals surface area contributed by atoms with Crippen molar-refractivity contribution in [3.63, 3.8) is 0 Å². The summed E-state index contributed by atoms with van der Waals surface area (Å²) in [5.74, 6) is 0.249. The Morgan fingerprint density at radius 3 is 2.90 bits per heavy atom. The molecule has 0 aromatic heterocycles. The van der Waals surface area contributed by atoms with Gasteiger partial charge in [0.05, 0.1) is 12.6 Å². The molecule has 1 N–H and O–H groups in total. The summed E-state index contributed by atoms with van der Waals surface area (Å²) in [6.45, 7) is 4.48. The molecule has 0 saturated carbocycles. The van der Waals surface area contributed by atoms with Crippen LogP contribution < -0.4 is 5.32 Å². The van der Waals surface area contributed by atoms with Gasteiger partial charge in [0.25, 0.3) is 0 Å². The maximum Gasteiger partial charge on any atom is 0.237 e. The summed E-state index contributed by atoms with van der Waals surface area (Å²) in [7, 11) is 1.97. The molecule has 1 fully saturated rings. The van der Waals surface area contributed by atoms with Crippen LogP contribution in [0.5, 0.6) is 0 Å². The van der Waals surface area contributed by atoms with Gasteiger partial charge in [-0.1, -0.05) is 24.3 Å². The largest absolute Gasteiger partial charge is 0.338 e. The predicted molar refractivity (Wildman–Crippen MR) is 84.2 cm³/mol. The van der Waals surface area contributed by atoms with Crippen molar-refractivity contribution in [3.8, 4) is 0 Å². The van der Waals surface area contributed by atoms with Crippen LogP contribution in [0.3, 0.4) is 0 Å². The number of hydrogen-bond acceptors (Lipinski definition) is 3. The molecule has 0 bridgehead atoms. The molecule has 4 heteroatoms. The Kier molecular flexibility index (Phi) is 4.56. The zero-order valence-corrected chi connectivity index (χ0v) is 12.8. The van der Waals surface area contributed by atoms with E-state index in [1.807, 2.05) is 11.9 Å². The van der Waals surface area contributed by atoms with Crippen molar-refractivity contribution in [3.05, 3.63) is 35.4 Å². The van der Waals surface area contributed by atoms with Crippen molar-refractivity contribution >= 4 is 5.91 Å². The number of nitrogens with one attached hydrogen (secondary N) is 1. The fourth-order valence-corrected chi connectivity index (χ4v) is 3.48. The van der Waals surface area contributed by atoms with Crippen LogP contribution in [0.4, 0.5) is 0 Å². The number of hydrogen-bond donors (Lipinski definition) is 1. The smallest absolute Gasteiger partial charge is 0.237 e. The van der Waals surface area contributed by atoms with Gasteiger partial charge in [0.1, 0.15) is 0 Å². The average Bonchev–Trinajstić information content (AvgIpc) is 2.54. The minimum absolute atomic E-state index is 0.249. The lowest BCUT2D eigenvalue weighted by Crippen LogP contribution is -2.48. The summed E-state index contributed by atoms with van der Waals surface area (Å²) < 4.78 is 0. The molecule has 4 nitrogen and oxygen atoms in total. The summed E-state index contributed by atoms with van der Waals surface area (Å²) in [6.07, 6.45) is 3.40. The zero-order valence-electron chi connectivity index (χ0n) is 12.8. The van der Waals surface area contributed by atoms with E-state index >= 15 is 0 Å². The third kappa shape index (κ3) is 3.27. The van der Waals surface area contributed by atoms with Gasteiger partial charge >= 0.3 is 0 Å². The molecule has 3 rings (SSSR count). The number of rotatable bonds is 3. The third-order valence-electron chi connectivity index (χ3n) is 4.77. The molecule has 1 aliphatic heterocycles. The summed E-state index contributed by atoms with van der Waals surface area (Å²) >= 11 is 0. The lowest BCUT2D eigenvalue weighted by molar-refractivity contribution is -0.133. The van der Waals surface area contributed by atoms with E-state index < -0.39 is 0 Å². The molecule has 1 aromatic rings. The van der Waals surface area contributed by atoms with Crippen LogP contribution in [0, 0.1) is 0 Å². The van der Waals surface area contributed by atoms with Gasteiger partial charge < -0.3 is 10.2 Å². The Balaban J connectivity index is 1.67. The van der Waals surface area contributed by atoms with E-state index in [0.29, 0.717) is 6.54 Å². The summed E-state index contributed by atoms with van der Waals surface area (Å²) in [5.41, 5.74) is 2.76. The summed E-state index contributed by atoms with van der Waals surface area (Å²) in [5, 5.41) is 3.33. The molecular weight excluding hydrogens is 262 g/mol. The quantitative estimate of drug-likeness (QED) is 0.913. The predicted octanol–water partition coefficient (Wildman–Crippen LogP) is 1.43. The number of fused-ring (bicyclic) bond motifs is 1.